The normalized spacial score (nSPS) is 12.0. The lowest BCUT2D eigenvalue weighted by Crippen LogP contribution is -2.39. The molecule has 2 aromatic rings. The third-order valence-electron chi connectivity index (χ3n) is 2.84. The first-order valence-electron chi connectivity index (χ1n) is 6.30. The van der Waals surface area contributed by atoms with Crippen molar-refractivity contribution in [1.82, 2.24) is 20.1 Å². The number of urea groups is 1. The largest absolute Gasteiger partial charge is 0.351 e. The number of hydrogen-bond acceptors (Lipinski definition) is 5. The lowest BCUT2D eigenvalue weighted by Gasteiger charge is -2.09. The molecule has 0 spiro atoms. The molecule has 7 nitrogen and oxygen atoms in total. The Morgan fingerprint density at radius 2 is 1.95 bits per heavy atom. The maximum Gasteiger partial charge on any atom is 0.318 e. The molecule has 1 atom stereocenters. The Morgan fingerprint density at radius 3 is 2.55 bits per heavy atom. The lowest BCUT2D eigenvalue weighted by molar-refractivity contribution is -0.119. The number of nitrogens with two attached hydrogens (primary N) is 1. The maximum absolute atomic E-state index is 12.9. The molecule has 1 aromatic heterocycles. The Labute approximate surface area is 130 Å². The Kier molecular flexibility index (Phi) is 4.76. The second kappa shape index (κ2) is 6.56. The van der Waals surface area contributed by atoms with Crippen LogP contribution in [-0.2, 0) is 11.8 Å². The van der Waals surface area contributed by atoms with Crippen LogP contribution in [0.1, 0.15) is 6.92 Å². The van der Waals surface area contributed by atoms with Crippen LogP contribution >= 0.6 is 11.8 Å². The van der Waals surface area contributed by atoms with Crippen molar-refractivity contribution in [2.75, 3.05) is 0 Å². The Bertz CT molecular complexity index is 701. The van der Waals surface area contributed by atoms with E-state index < -0.39 is 17.2 Å². The van der Waals surface area contributed by atoms with Crippen molar-refractivity contribution in [3.8, 4) is 11.4 Å². The fourth-order valence-electron chi connectivity index (χ4n) is 1.70. The van der Waals surface area contributed by atoms with Crippen LogP contribution in [0, 0.1) is 5.82 Å². The van der Waals surface area contributed by atoms with Crippen LogP contribution in [0.3, 0.4) is 0 Å². The summed E-state index contributed by atoms with van der Waals surface area (Å²) in [7, 11) is 1.74. The van der Waals surface area contributed by atoms with E-state index in [1.165, 1.54) is 12.1 Å². The zero-order valence-corrected chi connectivity index (χ0v) is 12.7. The molecule has 0 bridgehead atoms. The molecular formula is C13H14FN5O2S. The number of hydrogen-bond donors (Lipinski definition) is 2. The number of carbonyl (C=O) groups is 2. The number of thioether (sulfide) groups is 1. The Morgan fingerprint density at radius 1 is 1.32 bits per heavy atom. The molecule has 0 aliphatic carbocycles. The van der Waals surface area contributed by atoms with Crippen molar-refractivity contribution < 1.29 is 14.0 Å². The summed E-state index contributed by atoms with van der Waals surface area (Å²) < 4.78 is 14.6. The molecule has 0 unspecified atom stereocenters. The summed E-state index contributed by atoms with van der Waals surface area (Å²) in [5, 5.41) is 9.96. The van der Waals surface area contributed by atoms with Gasteiger partial charge in [0.1, 0.15) is 5.82 Å². The summed E-state index contributed by atoms with van der Waals surface area (Å²) >= 11 is 1.13. The molecule has 116 valence electrons. The minimum absolute atomic E-state index is 0.336. The highest BCUT2D eigenvalue weighted by atomic mass is 32.2. The third-order valence-corrected chi connectivity index (χ3v) is 3.97. The van der Waals surface area contributed by atoms with Crippen LogP contribution in [0.5, 0.6) is 0 Å². The zero-order valence-electron chi connectivity index (χ0n) is 11.9. The minimum atomic E-state index is -0.901. The average Bonchev–Trinajstić information content (AvgIpc) is 2.80. The summed E-state index contributed by atoms with van der Waals surface area (Å²) in [4.78, 5) is 22.3. The number of aromatic nitrogens is 3. The number of carbonyl (C=O) groups excluding carboxylic acids is 2. The molecule has 0 aliphatic heterocycles. The van der Waals surface area contributed by atoms with Gasteiger partial charge in [0.2, 0.25) is 5.91 Å². The van der Waals surface area contributed by atoms with Gasteiger partial charge in [0.05, 0.1) is 5.25 Å². The van der Waals surface area contributed by atoms with Gasteiger partial charge in [0.25, 0.3) is 0 Å². The van der Waals surface area contributed by atoms with Crippen LogP contribution in [0.4, 0.5) is 9.18 Å². The van der Waals surface area contributed by atoms with E-state index in [-0.39, 0.29) is 5.82 Å². The average molecular weight is 323 g/mol. The molecule has 3 N–H and O–H groups in total. The van der Waals surface area contributed by atoms with Crippen molar-refractivity contribution >= 4 is 23.7 Å². The molecule has 1 aromatic carbocycles. The van der Waals surface area contributed by atoms with Gasteiger partial charge in [0, 0.05) is 12.6 Å². The highest BCUT2D eigenvalue weighted by Gasteiger charge is 2.20. The first-order chi connectivity index (χ1) is 10.4. The highest BCUT2D eigenvalue weighted by molar-refractivity contribution is 8.00. The van der Waals surface area contributed by atoms with Crippen molar-refractivity contribution in [3.05, 3.63) is 30.1 Å². The van der Waals surface area contributed by atoms with E-state index >= 15 is 0 Å². The van der Waals surface area contributed by atoms with Crippen LogP contribution in [0.25, 0.3) is 11.4 Å². The number of amides is 3. The van der Waals surface area contributed by atoms with E-state index in [1.807, 2.05) is 5.32 Å². The van der Waals surface area contributed by atoms with Gasteiger partial charge < -0.3 is 10.3 Å². The van der Waals surface area contributed by atoms with Crippen molar-refractivity contribution in [3.63, 3.8) is 0 Å². The molecule has 0 saturated carbocycles. The molecule has 0 radical (unpaired) electrons. The van der Waals surface area contributed by atoms with Crippen LogP contribution in [-0.4, -0.2) is 32.0 Å². The smallest absolute Gasteiger partial charge is 0.318 e. The Balaban J connectivity index is 2.16. The van der Waals surface area contributed by atoms with E-state index in [4.69, 9.17) is 5.73 Å². The van der Waals surface area contributed by atoms with Crippen molar-refractivity contribution in [2.45, 2.75) is 17.3 Å². The molecule has 9 heteroatoms. The second-order valence-electron chi connectivity index (χ2n) is 4.49. The number of nitrogens with zero attached hydrogens (tertiary/aromatic N) is 3. The summed E-state index contributed by atoms with van der Waals surface area (Å²) in [6, 6.07) is 4.95. The number of rotatable bonds is 4. The quantitative estimate of drug-likeness (QED) is 0.826. The number of benzene rings is 1. The SMILES string of the molecule is C[C@H](Sc1nnc(-c2ccc(F)cc2)n1C)C(=O)NC(N)=O. The fourth-order valence-corrected chi connectivity index (χ4v) is 2.52. The summed E-state index contributed by atoms with van der Waals surface area (Å²) in [5.41, 5.74) is 5.61. The van der Waals surface area contributed by atoms with Gasteiger partial charge in [0.15, 0.2) is 11.0 Å². The van der Waals surface area contributed by atoms with Gasteiger partial charge in [-0.1, -0.05) is 11.8 Å². The third kappa shape index (κ3) is 3.61. The molecule has 2 rings (SSSR count). The number of imide groups is 1. The van der Waals surface area contributed by atoms with Crippen LogP contribution in [0.2, 0.25) is 0 Å². The molecule has 0 saturated heterocycles. The lowest BCUT2D eigenvalue weighted by atomic mass is 10.2. The van der Waals surface area contributed by atoms with Gasteiger partial charge in [-0.25, -0.2) is 9.18 Å². The van der Waals surface area contributed by atoms with Gasteiger partial charge in [-0.3, -0.25) is 10.1 Å². The van der Waals surface area contributed by atoms with Gasteiger partial charge in [-0.15, -0.1) is 10.2 Å². The summed E-state index contributed by atoms with van der Waals surface area (Å²) in [6.07, 6.45) is 0. The van der Waals surface area contributed by atoms with Crippen molar-refractivity contribution in [1.29, 1.82) is 0 Å². The minimum Gasteiger partial charge on any atom is -0.351 e. The van der Waals surface area contributed by atoms with Crippen LogP contribution in [0.15, 0.2) is 29.4 Å². The topological polar surface area (TPSA) is 103 Å². The monoisotopic (exact) mass is 323 g/mol. The van der Waals surface area contributed by atoms with E-state index in [1.54, 1.807) is 30.7 Å². The van der Waals surface area contributed by atoms with E-state index in [9.17, 15) is 14.0 Å². The van der Waals surface area contributed by atoms with Crippen LogP contribution < -0.4 is 11.1 Å². The fraction of sp³-hybridized carbons (Fsp3) is 0.231. The standard InChI is InChI=1S/C13H14FN5O2S/c1-7(11(20)16-12(15)21)22-13-18-17-10(19(13)2)8-3-5-9(14)6-4-8/h3-7H,1-2H3,(H3,15,16,20,21)/t7-/m0/s1. The van der Waals surface area contributed by atoms with E-state index in [0.717, 1.165) is 11.8 Å². The number of primary amides is 1. The number of halogens is 1. The van der Waals surface area contributed by atoms with Gasteiger partial charge in [-0.2, -0.15) is 0 Å². The molecule has 0 aliphatic rings. The predicted molar refractivity (Wildman–Crippen MR) is 79.4 cm³/mol. The van der Waals surface area contributed by atoms with Gasteiger partial charge >= 0.3 is 6.03 Å². The molecular weight excluding hydrogens is 309 g/mol. The molecule has 1 heterocycles. The highest BCUT2D eigenvalue weighted by Crippen LogP contribution is 2.25. The molecule has 3 amide bonds. The van der Waals surface area contributed by atoms with Crippen molar-refractivity contribution in [2.24, 2.45) is 12.8 Å². The maximum atomic E-state index is 12.9. The van der Waals surface area contributed by atoms with E-state index in [2.05, 4.69) is 10.2 Å². The van der Waals surface area contributed by atoms with Gasteiger partial charge in [-0.05, 0) is 31.2 Å². The molecule has 0 fully saturated rings. The summed E-state index contributed by atoms with van der Waals surface area (Å²) in [5.74, 6) is -0.300. The summed E-state index contributed by atoms with van der Waals surface area (Å²) in [6.45, 7) is 1.62. The first kappa shape index (κ1) is 16.0. The second-order valence-corrected chi connectivity index (χ2v) is 5.79. The molecule has 22 heavy (non-hydrogen) atoms. The predicted octanol–water partition coefficient (Wildman–Crippen LogP) is 1.30. The first-order valence-corrected chi connectivity index (χ1v) is 7.18. The zero-order chi connectivity index (χ0) is 16.3. The number of nitrogens with one attached hydrogen (secondary N) is 1. The van der Waals surface area contributed by atoms with E-state index in [0.29, 0.717) is 16.5 Å². The Hall–Kier alpha value is -2.42.